The molecule has 2 amide bonds. The van der Waals surface area contributed by atoms with E-state index in [0.717, 1.165) is 5.56 Å². The highest BCUT2D eigenvalue weighted by Crippen LogP contribution is 2.18. The van der Waals surface area contributed by atoms with Crippen molar-refractivity contribution in [2.45, 2.75) is 25.4 Å². The number of amides is 2. The lowest BCUT2D eigenvalue weighted by Gasteiger charge is -2.17. The van der Waals surface area contributed by atoms with Gasteiger partial charge in [0.05, 0.1) is 12.5 Å². The Hall–Kier alpha value is -1.39. The average molecular weight is 253 g/mol. The highest BCUT2D eigenvalue weighted by atomic mass is 35.5. The van der Waals surface area contributed by atoms with Gasteiger partial charge in [0.2, 0.25) is 11.8 Å². The van der Waals surface area contributed by atoms with Crippen LogP contribution in [-0.4, -0.2) is 17.9 Å². The van der Waals surface area contributed by atoms with E-state index in [1.165, 1.54) is 0 Å². The smallest absolute Gasteiger partial charge is 0.244 e. The van der Waals surface area contributed by atoms with Crippen LogP contribution in [0.4, 0.5) is 0 Å². The third kappa shape index (κ3) is 2.84. The molecule has 1 fully saturated rings. The number of hydrogen-bond donors (Lipinski definition) is 2. The van der Waals surface area contributed by atoms with Crippen LogP contribution in [0.5, 0.6) is 0 Å². The van der Waals surface area contributed by atoms with Gasteiger partial charge in [-0.25, -0.2) is 0 Å². The molecule has 0 aromatic heterocycles. The van der Waals surface area contributed by atoms with Gasteiger partial charge in [-0.1, -0.05) is 23.7 Å². The van der Waals surface area contributed by atoms with Gasteiger partial charge >= 0.3 is 0 Å². The number of rotatable bonds is 3. The largest absolute Gasteiger partial charge is 0.299 e. The summed E-state index contributed by atoms with van der Waals surface area (Å²) in [6.45, 7) is 1.93. The molecule has 1 aliphatic rings. The first kappa shape index (κ1) is 12.1. The molecule has 1 aromatic rings. The van der Waals surface area contributed by atoms with Crippen molar-refractivity contribution in [2.75, 3.05) is 0 Å². The molecule has 0 aliphatic carbocycles. The highest BCUT2D eigenvalue weighted by Gasteiger charge is 2.31. The minimum Gasteiger partial charge on any atom is -0.299 e. The van der Waals surface area contributed by atoms with E-state index in [1.807, 2.05) is 25.1 Å². The van der Waals surface area contributed by atoms with E-state index in [-0.39, 0.29) is 24.3 Å². The summed E-state index contributed by atoms with van der Waals surface area (Å²) in [6.07, 6.45) is 0.198. The van der Waals surface area contributed by atoms with Crippen molar-refractivity contribution in [3.63, 3.8) is 0 Å². The molecule has 5 heteroatoms. The monoisotopic (exact) mass is 252 g/mol. The number of halogens is 1. The van der Waals surface area contributed by atoms with E-state index in [1.54, 1.807) is 6.07 Å². The van der Waals surface area contributed by atoms with E-state index < -0.39 is 6.04 Å². The maximum atomic E-state index is 11.4. The molecule has 2 N–H and O–H groups in total. The number of imide groups is 1. The van der Waals surface area contributed by atoms with Gasteiger partial charge in [-0.05, 0) is 24.6 Å². The Kier molecular flexibility index (Phi) is 3.45. The molecule has 17 heavy (non-hydrogen) atoms. The molecule has 90 valence electrons. The zero-order valence-electron chi connectivity index (χ0n) is 9.37. The van der Waals surface area contributed by atoms with Crippen molar-refractivity contribution in [3.05, 3.63) is 34.9 Å². The van der Waals surface area contributed by atoms with Gasteiger partial charge in [-0.3, -0.25) is 20.2 Å². The lowest BCUT2D eigenvalue weighted by Crippen LogP contribution is -2.37. The third-order valence-electron chi connectivity index (χ3n) is 2.77. The number of carbonyl (C=O) groups is 2. The third-order valence-corrected chi connectivity index (χ3v) is 3.00. The molecule has 2 rings (SSSR count). The van der Waals surface area contributed by atoms with Gasteiger partial charge in [-0.15, -0.1) is 0 Å². The molecule has 0 bridgehead atoms. The van der Waals surface area contributed by atoms with Crippen LogP contribution in [0.3, 0.4) is 0 Å². The Labute approximate surface area is 104 Å². The molecule has 1 unspecified atom stereocenters. The number of hydrogen-bond acceptors (Lipinski definition) is 3. The summed E-state index contributed by atoms with van der Waals surface area (Å²) in [7, 11) is 0. The lowest BCUT2D eigenvalue weighted by atomic mass is 10.1. The molecule has 1 saturated heterocycles. The number of carbonyl (C=O) groups excluding carboxylic acids is 2. The van der Waals surface area contributed by atoms with E-state index in [9.17, 15) is 9.59 Å². The van der Waals surface area contributed by atoms with Gasteiger partial charge in [-0.2, -0.15) is 0 Å². The Morgan fingerprint density at radius 3 is 2.82 bits per heavy atom. The van der Waals surface area contributed by atoms with Crippen LogP contribution in [-0.2, 0) is 9.59 Å². The second kappa shape index (κ2) is 4.85. The predicted octanol–water partition coefficient (Wildman–Crippen LogP) is 1.41. The summed E-state index contributed by atoms with van der Waals surface area (Å²) >= 11 is 5.90. The number of benzene rings is 1. The summed E-state index contributed by atoms with van der Waals surface area (Å²) < 4.78 is 0. The second-order valence-corrected chi connectivity index (χ2v) is 4.55. The zero-order chi connectivity index (χ0) is 12.4. The van der Waals surface area contributed by atoms with Gasteiger partial charge in [0.1, 0.15) is 0 Å². The van der Waals surface area contributed by atoms with Crippen molar-refractivity contribution < 1.29 is 9.59 Å². The summed E-state index contributed by atoms with van der Waals surface area (Å²) in [5.74, 6) is -0.491. The van der Waals surface area contributed by atoms with Crippen LogP contribution in [0.25, 0.3) is 0 Å². The molecule has 0 radical (unpaired) electrons. The summed E-state index contributed by atoms with van der Waals surface area (Å²) in [4.78, 5) is 22.4. The van der Waals surface area contributed by atoms with Crippen LogP contribution in [0.1, 0.15) is 24.9 Å². The SMILES string of the molecule is C[C@@H](NC1CC(=O)NC1=O)c1cccc(Cl)c1. The summed E-state index contributed by atoms with van der Waals surface area (Å²) in [5, 5.41) is 6.04. The first-order chi connectivity index (χ1) is 8.06. The highest BCUT2D eigenvalue weighted by molar-refractivity contribution is 6.30. The van der Waals surface area contributed by atoms with Crippen molar-refractivity contribution >= 4 is 23.4 Å². The van der Waals surface area contributed by atoms with Crippen LogP contribution >= 0.6 is 11.6 Å². The van der Waals surface area contributed by atoms with E-state index >= 15 is 0 Å². The van der Waals surface area contributed by atoms with Gasteiger partial charge in [0.15, 0.2) is 0 Å². The molecule has 2 atom stereocenters. The standard InChI is InChI=1S/C12H13ClN2O2/c1-7(8-3-2-4-9(13)5-8)14-10-6-11(16)15-12(10)17/h2-5,7,10,14H,6H2,1H3,(H,15,16,17)/t7-,10?/m1/s1. The molecule has 0 saturated carbocycles. The van der Waals surface area contributed by atoms with Gasteiger partial charge < -0.3 is 0 Å². The fourth-order valence-electron chi connectivity index (χ4n) is 1.86. The molecule has 0 spiro atoms. The first-order valence-corrected chi connectivity index (χ1v) is 5.79. The van der Waals surface area contributed by atoms with E-state index in [0.29, 0.717) is 5.02 Å². The first-order valence-electron chi connectivity index (χ1n) is 5.41. The van der Waals surface area contributed by atoms with Crippen molar-refractivity contribution in [1.82, 2.24) is 10.6 Å². The Morgan fingerprint density at radius 1 is 1.47 bits per heavy atom. The second-order valence-electron chi connectivity index (χ2n) is 4.11. The number of nitrogens with one attached hydrogen (secondary N) is 2. The predicted molar refractivity (Wildman–Crippen MR) is 64.6 cm³/mol. The van der Waals surface area contributed by atoms with E-state index in [4.69, 9.17) is 11.6 Å². The maximum absolute atomic E-state index is 11.4. The fraction of sp³-hybridized carbons (Fsp3) is 0.333. The van der Waals surface area contributed by atoms with Gasteiger partial charge in [0, 0.05) is 11.1 Å². The Balaban J connectivity index is 2.04. The average Bonchev–Trinajstić information content (AvgIpc) is 2.57. The quantitative estimate of drug-likeness (QED) is 0.800. The summed E-state index contributed by atoms with van der Waals surface area (Å²) in [5.41, 5.74) is 0.990. The molecule has 1 aromatic carbocycles. The molecule has 1 aliphatic heterocycles. The molecule has 4 nitrogen and oxygen atoms in total. The topological polar surface area (TPSA) is 58.2 Å². The van der Waals surface area contributed by atoms with E-state index in [2.05, 4.69) is 10.6 Å². The van der Waals surface area contributed by atoms with Crippen LogP contribution < -0.4 is 10.6 Å². The maximum Gasteiger partial charge on any atom is 0.244 e. The lowest BCUT2D eigenvalue weighted by molar-refractivity contribution is -0.125. The minimum absolute atomic E-state index is 0.0321. The Morgan fingerprint density at radius 2 is 2.24 bits per heavy atom. The summed E-state index contributed by atoms with van der Waals surface area (Å²) in [6, 6.07) is 6.94. The van der Waals surface area contributed by atoms with Crippen molar-refractivity contribution in [3.8, 4) is 0 Å². The molecular formula is C12H13ClN2O2. The van der Waals surface area contributed by atoms with Gasteiger partial charge in [0.25, 0.3) is 0 Å². The van der Waals surface area contributed by atoms with Crippen molar-refractivity contribution in [2.24, 2.45) is 0 Å². The van der Waals surface area contributed by atoms with Crippen molar-refractivity contribution in [1.29, 1.82) is 0 Å². The van der Waals surface area contributed by atoms with Crippen LogP contribution in [0.15, 0.2) is 24.3 Å². The molecule has 1 heterocycles. The fourth-order valence-corrected chi connectivity index (χ4v) is 2.06. The minimum atomic E-state index is -0.448. The Bertz CT molecular complexity index is 462. The van der Waals surface area contributed by atoms with Crippen LogP contribution in [0.2, 0.25) is 5.02 Å². The molecular weight excluding hydrogens is 240 g/mol. The zero-order valence-corrected chi connectivity index (χ0v) is 10.1. The van der Waals surface area contributed by atoms with Crippen LogP contribution in [0, 0.1) is 0 Å². The normalized spacial score (nSPS) is 21.4.